The van der Waals surface area contributed by atoms with Crippen LogP contribution >= 0.6 is 23.1 Å². The van der Waals surface area contributed by atoms with Crippen LogP contribution in [-0.2, 0) is 14.4 Å². The number of imide groups is 1. The Bertz CT molecular complexity index is 1100. The van der Waals surface area contributed by atoms with E-state index in [9.17, 15) is 14.4 Å². The van der Waals surface area contributed by atoms with E-state index in [1.807, 2.05) is 47.8 Å². The van der Waals surface area contributed by atoms with Crippen molar-refractivity contribution in [2.45, 2.75) is 11.8 Å². The lowest BCUT2D eigenvalue weighted by molar-refractivity contribution is -0.120. The summed E-state index contributed by atoms with van der Waals surface area (Å²) >= 11 is 2.73. The molecule has 1 aliphatic rings. The van der Waals surface area contributed by atoms with Crippen LogP contribution in [0.4, 0.5) is 11.4 Å². The Morgan fingerprint density at radius 2 is 1.66 bits per heavy atom. The second kappa shape index (κ2) is 8.06. The SMILES string of the molecule is CC(=O)Nc1ccc(N2C(=O)C(Sc3ccccc3)=C(c3cccs3)C2=O)cc1. The predicted octanol–water partition coefficient (Wildman–Crippen LogP) is 4.78. The Hall–Kier alpha value is -3.16. The number of thiophene rings is 1. The summed E-state index contributed by atoms with van der Waals surface area (Å²) in [6.45, 7) is 1.42. The molecule has 2 heterocycles. The third-order valence-corrected chi connectivity index (χ3v) is 6.20. The first kappa shape index (κ1) is 19.2. The van der Waals surface area contributed by atoms with Gasteiger partial charge in [0.2, 0.25) is 5.91 Å². The number of hydrogen-bond acceptors (Lipinski definition) is 5. The zero-order chi connectivity index (χ0) is 20.4. The molecule has 0 atom stereocenters. The molecule has 0 spiro atoms. The quantitative estimate of drug-likeness (QED) is 0.603. The van der Waals surface area contributed by atoms with Crippen molar-refractivity contribution in [2.24, 2.45) is 0 Å². The summed E-state index contributed by atoms with van der Waals surface area (Å²) in [7, 11) is 0. The van der Waals surface area contributed by atoms with Crippen LogP contribution in [0.1, 0.15) is 11.8 Å². The van der Waals surface area contributed by atoms with Gasteiger partial charge >= 0.3 is 0 Å². The monoisotopic (exact) mass is 420 g/mol. The minimum Gasteiger partial charge on any atom is -0.326 e. The molecule has 1 aliphatic heterocycles. The van der Waals surface area contributed by atoms with E-state index in [-0.39, 0.29) is 17.7 Å². The molecule has 0 saturated carbocycles. The summed E-state index contributed by atoms with van der Waals surface area (Å²) in [5.74, 6) is -0.878. The molecule has 3 aromatic rings. The molecular weight excluding hydrogens is 404 g/mol. The normalized spacial score (nSPS) is 13.9. The van der Waals surface area contributed by atoms with Gasteiger partial charge in [-0.2, -0.15) is 0 Å². The molecule has 0 aliphatic carbocycles. The Balaban J connectivity index is 1.71. The van der Waals surface area contributed by atoms with Gasteiger partial charge in [-0.25, -0.2) is 4.90 Å². The lowest BCUT2D eigenvalue weighted by Gasteiger charge is -2.15. The molecule has 7 heteroatoms. The average molecular weight is 421 g/mol. The summed E-state index contributed by atoms with van der Waals surface area (Å²) in [6, 6.07) is 19.9. The zero-order valence-corrected chi connectivity index (χ0v) is 17.0. The fourth-order valence-corrected chi connectivity index (χ4v) is 4.82. The number of benzene rings is 2. The molecule has 5 nitrogen and oxygen atoms in total. The van der Waals surface area contributed by atoms with Gasteiger partial charge in [-0.3, -0.25) is 14.4 Å². The highest BCUT2D eigenvalue weighted by Crippen LogP contribution is 2.42. The van der Waals surface area contributed by atoms with Crippen molar-refractivity contribution in [3.05, 3.63) is 81.9 Å². The highest BCUT2D eigenvalue weighted by molar-refractivity contribution is 8.04. The predicted molar refractivity (Wildman–Crippen MR) is 117 cm³/mol. The van der Waals surface area contributed by atoms with Crippen LogP contribution in [0.3, 0.4) is 0 Å². The first-order chi connectivity index (χ1) is 14.0. The maximum absolute atomic E-state index is 13.3. The van der Waals surface area contributed by atoms with Crippen LogP contribution in [0.5, 0.6) is 0 Å². The van der Waals surface area contributed by atoms with E-state index in [0.717, 1.165) is 9.77 Å². The molecule has 0 unspecified atom stereocenters. The largest absolute Gasteiger partial charge is 0.326 e. The van der Waals surface area contributed by atoms with Crippen LogP contribution in [-0.4, -0.2) is 17.7 Å². The summed E-state index contributed by atoms with van der Waals surface area (Å²) in [4.78, 5) is 41.0. The Morgan fingerprint density at radius 3 is 2.28 bits per heavy atom. The van der Waals surface area contributed by atoms with Crippen LogP contribution in [0.15, 0.2) is 81.9 Å². The molecule has 0 fully saturated rings. The number of carbonyl (C=O) groups excluding carboxylic acids is 3. The Labute approximate surface area is 176 Å². The van der Waals surface area contributed by atoms with Gasteiger partial charge < -0.3 is 5.32 Å². The standard InChI is InChI=1S/C22H16N2O3S2/c1-14(25)23-15-9-11-16(12-10-15)24-21(26)19(18-8-5-13-28-18)20(22(24)27)29-17-6-3-2-4-7-17/h2-13H,1H3,(H,23,25). The van der Waals surface area contributed by atoms with Crippen LogP contribution in [0, 0.1) is 0 Å². The van der Waals surface area contributed by atoms with Gasteiger partial charge in [-0.15, -0.1) is 11.3 Å². The van der Waals surface area contributed by atoms with Crippen molar-refractivity contribution in [3.63, 3.8) is 0 Å². The Morgan fingerprint density at radius 1 is 0.931 bits per heavy atom. The van der Waals surface area contributed by atoms with Crippen LogP contribution in [0.2, 0.25) is 0 Å². The third kappa shape index (κ3) is 3.87. The zero-order valence-electron chi connectivity index (χ0n) is 15.4. The second-order valence-corrected chi connectivity index (χ2v) is 8.30. The Kier molecular flexibility index (Phi) is 5.33. The van der Waals surface area contributed by atoms with Crippen molar-refractivity contribution >= 4 is 57.8 Å². The van der Waals surface area contributed by atoms with Crippen molar-refractivity contribution < 1.29 is 14.4 Å². The van der Waals surface area contributed by atoms with Crippen molar-refractivity contribution in [2.75, 3.05) is 10.2 Å². The smallest absolute Gasteiger partial charge is 0.272 e. The third-order valence-electron chi connectivity index (χ3n) is 4.22. The van der Waals surface area contributed by atoms with E-state index in [1.165, 1.54) is 34.9 Å². The van der Waals surface area contributed by atoms with Gasteiger partial charge in [0.1, 0.15) is 0 Å². The maximum Gasteiger partial charge on any atom is 0.272 e. The lowest BCUT2D eigenvalue weighted by Crippen LogP contribution is -2.31. The summed E-state index contributed by atoms with van der Waals surface area (Å²) < 4.78 is 0. The van der Waals surface area contributed by atoms with E-state index >= 15 is 0 Å². The van der Waals surface area contributed by atoms with Gasteiger partial charge in [0.25, 0.3) is 11.8 Å². The highest BCUT2D eigenvalue weighted by Gasteiger charge is 2.40. The molecule has 1 aromatic heterocycles. The average Bonchev–Trinajstić information content (AvgIpc) is 3.30. The van der Waals surface area contributed by atoms with Gasteiger partial charge in [0, 0.05) is 22.4 Å². The molecular formula is C22H16N2O3S2. The van der Waals surface area contributed by atoms with E-state index in [1.54, 1.807) is 24.3 Å². The van der Waals surface area contributed by atoms with Crippen molar-refractivity contribution in [1.82, 2.24) is 0 Å². The molecule has 29 heavy (non-hydrogen) atoms. The van der Waals surface area contributed by atoms with Crippen LogP contribution < -0.4 is 10.2 Å². The maximum atomic E-state index is 13.3. The number of rotatable bonds is 5. The molecule has 4 rings (SSSR count). The number of carbonyl (C=O) groups is 3. The molecule has 144 valence electrons. The molecule has 3 amide bonds. The van der Waals surface area contributed by atoms with E-state index in [4.69, 9.17) is 0 Å². The van der Waals surface area contributed by atoms with Crippen LogP contribution in [0.25, 0.3) is 5.57 Å². The number of nitrogens with zero attached hydrogens (tertiary/aromatic N) is 1. The summed E-state index contributed by atoms with van der Waals surface area (Å²) in [5, 5.41) is 4.56. The highest BCUT2D eigenvalue weighted by atomic mass is 32.2. The first-order valence-electron chi connectivity index (χ1n) is 8.82. The summed E-state index contributed by atoms with van der Waals surface area (Å²) in [5.41, 5.74) is 1.49. The number of amides is 3. The molecule has 1 N–H and O–H groups in total. The number of thioether (sulfide) groups is 1. The molecule has 0 radical (unpaired) electrons. The fourth-order valence-electron chi connectivity index (χ4n) is 2.98. The molecule has 0 bridgehead atoms. The second-order valence-electron chi connectivity index (χ2n) is 6.27. The van der Waals surface area contributed by atoms with E-state index in [2.05, 4.69) is 5.32 Å². The van der Waals surface area contributed by atoms with E-state index < -0.39 is 0 Å². The van der Waals surface area contributed by atoms with Crippen molar-refractivity contribution in [1.29, 1.82) is 0 Å². The summed E-state index contributed by atoms with van der Waals surface area (Å²) in [6.07, 6.45) is 0. The fraction of sp³-hybridized carbons (Fsp3) is 0.0455. The van der Waals surface area contributed by atoms with Crippen molar-refractivity contribution in [3.8, 4) is 0 Å². The number of anilines is 2. The lowest BCUT2D eigenvalue weighted by atomic mass is 10.2. The number of hydrogen-bond donors (Lipinski definition) is 1. The first-order valence-corrected chi connectivity index (χ1v) is 10.5. The minimum absolute atomic E-state index is 0.186. The van der Waals surface area contributed by atoms with Gasteiger partial charge in [0.05, 0.1) is 16.2 Å². The minimum atomic E-state index is -0.348. The topological polar surface area (TPSA) is 66.5 Å². The van der Waals surface area contributed by atoms with Gasteiger partial charge in [0.15, 0.2) is 0 Å². The molecule has 0 saturated heterocycles. The number of nitrogens with one attached hydrogen (secondary N) is 1. The van der Waals surface area contributed by atoms with Gasteiger partial charge in [-0.05, 0) is 47.8 Å². The van der Waals surface area contributed by atoms with E-state index in [0.29, 0.717) is 21.9 Å². The molecule has 2 aromatic carbocycles. The van der Waals surface area contributed by atoms with Gasteiger partial charge in [-0.1, -0.05) is 36.0 Å².